The van der Waals surface area contributed by atoms with Crippen LogP contribution in [0.25, 0.3) is 0 Å². The second kappa shape index (κ2) is 7.47. The molecule has 1 heterocycles. The van der Waals surface area contributed by atoms with E-state index in [0.29, 0.717) is 22.6 Å². The summed E-state index contributed by atoms with van der Waals surface area (Å²) >= 11 is 0. The summed E-state index contributed by atoms with van der Waals surface area (Å²) in [7, 11) is 1.69. The Morgan fingerprint density at radius 2 is 2.04 bits per heavy atom. The second-order valence-corrected chi connectivity index (χ2v) is 5.47. The molecule has 0 aliphatic heterocycles. The molecule has 0 aliphatic rings. The zero-order chi connectivity index (χ0) is 18.6. The van der Waals surface area contributed by atoms with Gasteiger partial charge in [0.25, 0.3) is 11.8 Å². The van der Waals surface area contributed by atoms with Gasteiger partial charge in [0, 0.05) is 24.7 Å². The summed E-state index contributed by atoms with van der Waals surface area (Å²) in [4.78, 5) is 23.2. The number of nitrogens with two attached hydrogens (primary N) is 2. The Labute approximate surface area is 144 Å². The van der Waals surface area contributed by atoms with E-state index in [0.717, 1.165) is 5.69 Å². The highest BCUT2D eigenvalue weighted by molar-refractivity contribution is 5.95. The molecule has 2 aromatic rings. The van der Waals surface area contributed by atoms with E-state index in [-0.39, 0.29) is 24.9 Å². The van der Waals surface area contributed by atoms with Crippen molar-refractivity contribution in [1.82, 2.24) is 15.1 Å². The fourth-order valence-electron chi connectivity index (χ4n) is 2.24. The van der Waals surface area contributed by atoms with Crippen LogP contribution >= 0.6 is 0 Å². The van der Waals surface area contributed by atoms with Gasteiger partial charge in [0.05, 0.1) is 5.69 Å². The van der Waals surface area contributed by atoms with Gasteiger partial charge in [-0.2, -0.15) is 5.10 Å². The Kier molecular flexibility index (Phi) is 5.38. The molecule has 0 atom stereocenters. The van der Waals surface area contributed by atoms with E-state index in [1.54, 1.807) is 32.2 Å². The number of carbonyl (C=O) groups is 2. The highest BCUT2D eigenvalue weighted by Crippen LogP contribution is 2.20. The minimum atomic E-state index is -0.631. The normalized spacial score (nSPS) is 10.3. The summed E-state index contributed by atoms with van der Waals surface area (Å²) in [5, 5.41) is 14.4. The number of ether oxygens (including phenoxy) is 1. The van der Waals surface area contributed by atoms with Crippen molar-refractivity contribution >= 4 is 17.6 Å². The van der Waals surface area contributed by atoms with E-state index in [2.05, 4.69) is 10.4 Å². The number of carbonyl (C=O) groups excluding carboxylic acids is 2. The minimum absolute atomic E-state index is 0.134. The molecule has 0 fully saturated rings. The molecular formula is C16H20N6O3. The highest BCUT2D eigenvalue weighted by atomic mass is 16.5. The summed E-state index contributed by atoms with van der Waals surface area (Å²) in [6, 6.07) is 6.51. The van der Waals surface area contributed by atoms with E-state index in [4.69, 9.17) is 21.6 Å². The van der Waals surface area contributed by atoms with Gasteiger partial charge in [-0.25, -0.2) is 0 Å². The molecule has 0 bridgehead atoms. The third-order valence-electron chi connectivity index (χ3n) is 3.42. The molecule has 0 unspecified atom stereocenters. The lowest BCUT2D eigenvalue weighted by molar-refractivity contribution is -0.119. The van der Waals surface area contributed by atoms with Gasteiger partial charge >= 0.3 is 0 Å². The van der Waals surface area contributed by atoms with Crippen LogP contribution in [0.2, 0.25) is 0 Å². The van der Waals surface area contributed by atoms with Crippen molar-refractivity contribution in [3.05, 3.63) is 46.8 Å². The van der Waals surface area contributed by atoms with E-state index < -0.39 is 5.91 Å². The average molecular weight is 344 g/mol. The molecule has 0 saturated carbocycles. The number of aromatic nitrogens is 2. The monoisotopic (exact) mass is 344 g/mol. The summed E-state index contributed by atoms with van der Waals surface area (Å²) in [5.74, 6) is -0.731. The Balaban J connectivity index is 2.16. The first-order chi connectivity index (χ1) is 11.8. The predicted octanol–water partition coefficient (Wildman–Crippen LogP) is -0.193. The lowest BCUT2D eigenvalue weighted by Gasteiger charge is -2.13. The molecule has 6 N–H and O–H groups in total. The van der Waals surface area contributed by atoms with Crippen molar-refractivity contribution in [2.75, 3.05) is 6.61 Å². The summed E-state index contributed by atoms with van der Waals surface area (Å²) in [5.41, 5.74) is 12.8. The second-order valence-electron chi connectivity index (χ2n) is 5.47. The van der Waals surface area contributed by atoms with E-state index in [1.807, 2.05) is 0 Å². The van der Waals surface area contributed by atoms with Crippen LogP contribution in [0.15, 0.2) is 24.3 Å². The minimum Gasteiger partial charge on any atom is -0.483 e. The Bertz CT molecular complexity index is 827. The van der Waals surface area contributed by atoms with Crippen LogP contribution in [-0.2, 0) is 18.4 Å². The van der Waals surface area contributed by atoms with Gasteiger partial charge in [-0.3, -0.25) is 19.7 Å². The molecule has 0 aliphatic carbocycles. The van der Waals surface area contributed by atoms with Gasteiger partial charge in [-0.05, 0) is 19.1 Å². The van der Waals surface area contributed by atoms with Crippen LogP contribution in [-0.4, -0.2) is 34.0 Å². The molecule has 1 aromatic carbocycles. The van der Waals surface area contributed by atoms with Crippen molar-refractivity contribution in [2.24, 2.45) is 18.5 Å². The maximum Gasteiger partial charge on any atom is 0.269 e. The number of hydrogen-bond donors (Lipinski definition) is 4. The van der Waals surface area contributed by atoms with Crippen molar-refractivity contribution < 1.29 is 14.3 Å². The number of hydrogen-bond acceptors (Lipinski definition) is 5. The van der Waals surface area contributed by atoms with E-state index in [1.165, 1.54) is 10.7 Å². The van der Waals surface area contributed by atoms with Crippen molar-refractivity contribution in [2.45, 2.75) is 13.5 Å². The zero-order valence-corrected chi connectivity index (χ0v) is 14.0. The highest BCUT2D eigenvalue weighted by Gasteiger charge is 2.14. The number of amides is 2. The molecule has 9 heteroatoms. The molecule has 9 nitrogen and oxygen atoms in total. The topological polar surface area (TPSA) is 149 Å². The fourth-order valence-corrected chi connectivity index (χ4v) is 2.24. The van der Waals surface area contributed by atoms with Crippen molar-refractivity contribution in [3.8, 4) is 5.75 Å². The molecule has 132 valence electrons. The van der Waals surface area contributed by atoms with Gasteiger partial charge < -0.3 is 21.5 Å². The smallest absolute Gasteiger partial charge is 0.269 e. The standard InChI is InChI=1S/C16H20N6O3/c1-9-5-12(22(2)21-9)16(24)20-7-11-4-3-10(15(18)19)6-13(11)25-8-14(17)23/h3-6H,7-8H2,1-2H3,(H2,17,23)(H3,18,19)(H,20,24). The van der Waals surface area contributed by atoms with Crippen LogP contribution in [0.1, 0.15) is 27.3 Å². The fraction of sp³-hybridized carbons (Fsp3) is 0.250. The molecule has 2 rings (SSSR count). The lowest BCUT2D eigenvalue weighted by Crippen LogP contribution is -2.26. The van der Waals surface area contributed by atoms with Gasteiger partial charge in [-0.15, -0.1) is 0 Å². The third-order valence-corrected chi connectivity index (χ3v) is 3.42. The summed E-state index contributed by atoms with van der Waals surface area (Å²) in [6.07, 6.45) is 0. The van der Waals surface area contributed by atoms with Crippen molar-refractivity contribution in [1.29, 1.82) is 5.41 Å². The molecular weight excluding hydrogens is 324 g/mol. The lowest BCUT2D eigenvalue weighted by atomic mass is 10.1. The number of rotatable bonds is 7. The first kappa shape index (κ1) is 18.0. The SMILES string of the molecule is Cc1cc(C(=O)NCc2ccc(C(=N)N)cc2OCC(N)=O)n(C)n1. The molecule has 2 amide bonds. The number of nitrogen functional groups attached to an aromatic ring is 1. The quantitative estimate of drug-likeness (QED) is 0.405. The predicted molar refractivity (Wildman–Crippen MR) is 91.3 cm³/mol. The molecule has 1 aromatic heterocycles. The number of primary amides is 1. The molecule has 0 spiro atoms. The number of nitrogens with zero attached hydrogens (tertiary/aromatic N) is 2. The molecule has 25 heavy (non-hydrogen) atoms. The Hall–Kier alpha value is -3.36. The van der Waals surface area contributed by atoms with Crippen LogP contribution in [0.3, 0.4) is 0 Å². The van der Waals surface area contributed by atoms with Crippen LogP contribution in [0.5, 0.6) is 5.75 Å². The Morgan fingerprint density at radius 1 is 1.32 bits per heavy atom. The van der Waals surface area contributed by atoms with Gasteiger partial charge in [0.2, 0.25) is 0 Å². The third kappa shape index (κ3) is 4.56. The number of aryl methyl sites for hydroxylation is 2. The first-order valence-corrected chi connectivity index (χ1v) is 7.45. The maximum absolute atomic E-state index is 12.3. The number of benzene rings is 1. The van der Waals surface area contributed by atoms with Gasteiger partial charge in [0.1, 0.15) is 17.3 Å². The average Bonchev–Trinajstić information content (AvgIpc) is 2.89. The van der Waals surface area contributed by atoms with E-state index >= 15 is 0 Å². The van der Waals surface area contributed by atoms with Gasteiger partial charge in [0.15, 0.2) is 6.61 Å². The summed E-state index contributed by atoms with van der Waals surface area (Å²) < 4.78 is 6.85. The van der Waals surface area contributed by atoms with E-state index in [9.17, 15) is 9.59 Å². The number of nitrogens with one attached hydrogen (secondary N) is 2. The van der Waals surface area contributed by atoms with Crippen LogP contribution in [0, 0.1) is 12.3 Å². The Morgan fingerprint density at radius 3 is 2.60 bits per heavy atom. The van der Waals surface area contributed by atoms with Crippen LogP contribution < -0.4 is 21.5 Å². The zero-order valence-electron chi connectivity index (χ0n) is 14.0. The first-order valence-electron chi connectivity index (χ1n) is 7.45. The summed E-state index contributed by atoms with van der Waals surface area (Å²) in [6.45, 7) is 1.64. The molecule has 0 saturated heterocycles. The van der Waals surface area contributed by atoms with Crippen LogP contribution in [0.4, 0.5) is 0 Å². The molecule has 0 radical (unpaired) electrons. The van der Waals surface area contributed by atoms with Crippen molar-refractivity contribution in [3.63, 3.8) is 0 Å². The maximum atomic E-state index is 12.3. The largest absolute Gasteiger partial charge is 0.483 e. The number of amidine groups is 1. The van der Waals surface area contributed by atoms with Gasteiger partial charge in [-0.1, -0.05) is 12.1 Å².